The number of hydrogen-bond acceptors (Lipinski definition) is 4. The lowest BCUT2D eigenvalue weighted by molar-refractivity contribution is 0.0311. The predicted octanol–water partition coefficient (Wildman–Crippen LogP) is 1.97. The number of aliphatic hydroxyl groups is 1. The van der Waals surface area contributed by atoms with Crippen LogP contribution in [0.2, 0.25) is 0 Å². The van der Waals surface area contributed by atoms with Gasteiger partial charge in [0.2, 0.25) is 0 Å². The van der Waals surface area contributed by atoms with Crippen molar-refractivity contribution < 1.29 is 9.84 Å². The van der Waals surface area contributed by atoms with Gasteiger partial charge in [0.15, 0.2) is 0 Å². The van der Waals surface area contributed by atoms with Gasteiger partial charge >= 0.3 is 0 Å². The molecule has 2 atom stereocenters. The van der Waals surface area contributed by atoms with Gasteiger partial charge < -0.3 is 20.1 Å². The first-order valence-electron chi connectivity index (χ1n) is 7.77. The molecule has 1 aromatic rings. The number of likely N-dealkylation sites (N-methyl/N-ethyl adjacent to an activating group) is 1. The summed E-state index contributed by atoms with van der Waals surface area (Å²) in [5.41, 5.74) is 1.85. The van der Waals surface area contributed by atoms with Crippen molar-refractivity contribution in [2.75, 3.05) is 33.8 Å². The third kappa shape index (κ3) is 4.43. The lowest BCUT2D eigenvalue weighted by atomic mass is 9.99. The first kappa shape index (κ1) is 16.3. The van der Waals surface area contributed by atoms with Gasteiger partial charge in [-0.1, -0.05) is 19.1 Å². The summed E-state index contributed by atoms with van der Waals surface area (Å²) in [6.45, 7) is 6.07. The summed E-state index contributed by atoms with van der Waals surface area (Å²) in [7, 11) is 3.96. The monoisotopic (exact) mass is 292 g/mol. The van der Waals surface area contributed by atoms with E-state index in [1.807, 2.05) is 25.9 Å². The first-order valence-corrected chi connectivity index (χ1v) is 7.77. The zero-order valence-electron chi connectivity index (χ0n) is 13.6. The van der Waals surface area contributed by atoms with Gasteiger partial charge in [0.05, 0.1) is 12.2 Å². The number of nitrogens with one attached hydrogen (secondary N) is 1. The molecule has 0 saturated heterocycles. The fourth-order valence-electron chi connectivity index (χ4n) is 3.00. The van der Waals surface area contributed by atoms with E-state index in [9.17, 15) is 5.11 Å². The standard InChI is InChI=1S/C17H28N2O2/c1-5-15(18-11-17(2,20)12-19(3)4)13-6-7-16-14(10-13)8-9-21-16/h6-7,10,15,18,20H,5,8-9,11-12H2,1-4H3. The molecule has 2 N–H and O–H groups in total. The van der Waals surface area contributed by atoms with Crippen LogP contribution in [-0.4, -0.2) is 49.4 Å². The highest BCUT2D eigenvalue weighted by molar-refractivity contribution is 5.40. The van der Waals surface area contributed by atoms with E-state index < -0.39 is 5.60 Å². The van der Waals surface area contributed by atoms with Crippen LogP contribution in [0.25, 0.3) is 0 Å². The topological polar surface area (TPSA) is 44.7 Å². The van der Waals surface area contributed by atoms with Crippen molar-refractivity contribution in [3.8, 4) is 5.75 Å². The molecule has 1 aliphatic heterocycles. The van der Waals surface area contributed by atoms with Gasteiger partial charge in [0.1, 0.15) is 5.75 Å². The lowest BCUT2D eigenvalue weighted by Crippen LogP contribution is -2.46. The molecule has 4 heteroatoms. The van der Waals surface area contributed by atoms with Gasteiger partial charge in [-0.25, -0.2) is 0 Å². The van der Waals surface area contributed by atoms with Crippen molar-refractivity contribution in [1.29, 1.82) is 0 Å². The molecule has 1 aliphatic rings. The van der Waals surface area contributed by atoms with E-state index in [1.54, 1.807) is 0 Å². The highest BCUT2D eigenvalue weighted by atomic mass is 16.5. The van der Waals surface area contributed by atoms with Crippen molar-refractivity contribution >= 4 is 0 Å². The maximum Gasteiger partial charge on any atom is 0.122 e. The summed E-state index contributed by atoms with van der Waals surface area (Å²) in [6.07, 6.45) is 2.00. The quantitative estimate of drug-likeness (QED) is 0.806. The molecule has 2 unspecified atom stereocenters. The van der Waals surface area contributed by atoms with E-state index in [1.165, 1.54) is 11.1 Å². The second-order valence-corrected chi connectivity index (χ2v) is 6.54. The molecule has 0 bridgehead atoms. The summed E-state index contributed by atoms with van der Waals surface area (Å²) >= 11 is 0. The van der Waals surface area contributed by atoms with Crippen molar-refractivity contribution in [3.05, 3.63) is 29.3 Å². The smallest absolute Gasteiger partial charge is 0.122 e. The van der Waals surface area contributed by atoms with Gasteiger partial charge in [0.25, 0.3) is 0 Å². The van der Waals surface area contributed by atoms with Crippen LogP contribution in [0.3, 0.4) is 0 Å². The van der Waals surface area contributed by atoms with Crippen LogP contribution in [0.4, 0.5) is 0 Å². The highest BCUT2D eigenvalue weighted by Crippen LogP contribution is 2.29. The Balaban J connectivity index is 2.00. The van der Waals surface area contributed by atoms with E-state index in [0.29, 0.717) is 13.1 Å². The van der Waals surface area contributed by atoms with Crippen molar-refractivity contribution in [2.24, 2.45) is 0 Å². The van der Waals surface area contributed by atoms with Crippen LogP contribution in [-0.2, 0) is 6.42 Å². The number of ether oxygens (including phenoxy) is 1. The summed E-state index contributed by atoms with van der Waals surface area (Å²) in [6, 6.07) is 6.71. The number of rotatable bonds is 7. The van der Waals surface area contributed by atoms with Crippen molar-refractivity contribution in [2.45, 2.75) is 38.3 Å². The molecule has 0 fully saturated rings. The molecular formula is C17H28N2O2. The molecule has 0 aliphatic carbocycles. The Morgan fingerprint density at radius 3 is 2.86 bits per heavy atom. The average Bonchev–Trinajstić information content (AvgIpc) is 2.85. The zero-order chi connectivity index (χ0) is 15.5. The maximum absolute atomic E-state index is 10.4. The number of nitrogens with zero attached hydrogens (tertiary/aromatic N) is 1. The van der Waals surface area contributed by atoms with Gasteiger partial charge in [-0.05, 0) is 44.6 Å². The fourth-order valence-corrected chi connectivity index (χ4v) is 3.00. The lowest BCUT2D eigenvalue weighted by Gasteiger charge is -2.29. The minimum Gasteiger partial charge on any atom is -0.493 e. The third-order valence-corrected chi connectivity index (χ3v) is 3.91. The van der Waals surface area contributed by atoms with Crippen LogP contribution in [0.15, 0.2) is 18.2 Å². The second-order valence-electron chi connectivity index (χ2n) is 6.54. The summed E-state index contributed by atoms with van der Waals surface area (Å²) in [4.78, 5) is 2.01. The predicted molar refractivity (Wildman–Crippen MR) is 85.9 cm³/mol. The largest absolute Gasteiger partial charge is 0.493 e. The Kier molecular flexibility index (Phi) is 5.25. The molecule has 0 amide bonds. The number of benzene rings is 1. The Hall–Kier alpha value is -1.10. The molecule has 118 valence electrons. The van der Waals surface area contributed by atoms with E-state index in [4.69, 9.17) is 4.74 Å². The van der Waals surface area contributed by atoms with Crippen LogP contribution in [0.1, 0.15) is 37.4 Å². The molecule has 0 spiro atoms. The minimum atomic E-state index is -0.725. The molecule has 0 radical (unpaired) electrons. The minimum absolute atomic E-state index is 0.268. The highest BCUT2D eigenvalue weighted by Gasteiger charge is 2.23. The summed E-state index contributed by atoms with van der Waals surface area (Å²) < 4.78 is 5.56. The Labute approximate surface area is 128 Å². The molecule has 4 nitrogen and oxygen atoms in total. The van der Waals surface area contributed by atoms with Gasteiger partial charge in [-0.2, -0.15) is 0 Å². The molecule has 1 aromatic carbocycles. The molecule has 21 heavy (non-hydrogen) atoms. The van der Waals surface area contributed by atoms with Crippen molar-refractivity contribution in [3.63, 3.8) is 0 Å². The van der Waals surface area contributed by atoms with E-state index in [-0.39, 0.29) is 6.04 Å². The molecule has 2 rings (SSSR count). The first-order chi connectivity index (χ1) is 9.91. The molecule has 0 aromatic heterocycles. The van der Waals surface area contributed by atoms with E-state index in [2.05, 4.69) is 30.4 Å². The van der Waals surface area contributed by atoms with Crippen LogP contribution >= 0.6 is 0 Å². The van der Waals surface area contributed by atoms with Crippen LogP contribution < -0.4 is 10.1 Å². The Morgan fingerprint density at radius 1 is 1.43 bits per heavy atom. The Bertz CT molecular complexity index is 472. The number of hydrogen-bond donors (Lipinski definition) is 2. The fraction of sp³-hybridized carbons (Fsp3) is 0.647. The van der Waals surface area contributed by atoms with Crippen LogP contribution in [0.5, 0.6) is 5.75 Å². The maximum atomic E-state index is 10.4. The summed E-state index contributed by atoms with van der Waals surface area (Å²) in [5.74, 6) is 1.02. The normalized spacial score (nSPS) is 18.2. The second kappa shape index (κ2) is 6.77. The average molecular weight is 292 g/mol. The zero-order valence-corrected chi connectivity index (χ0v) is 13.6. The van der Waals surface area contributed by atoms with Gasteiger partial charge in [-0.15, -0.1) is 0 Å². The van der Waals surface area contributed by atoms with Crippen LogP contribution in [0, 0.1) is 0 Å². The van der Waals surface area contributed by atoms with E-state index in [0.717, 1.165) is 25.2 Å². The number of fused-ring (bicyclic) bond motifs is 1. The van der Waals surface area contributed by atoms with Crippen molar-refractivity contribution in [1.82, 2.24) is 10.2 Å². The molecule has 0 saturated carbocycles. The molecule has 1 heterocycles. The SMILES string of the molecule is CCC(NCC(C)(O)CN(C)C)c1ccc2c(c1)CCO2. The summed E-state index contributed by atoms with van der Waals surface area (Å²) in [5, 5.41) is 13.9. The Morgan fingerprint density at radius 2 is 2.19 bits per heavy atom. The molecular weight excluding hydrogens is 264 g/mol. The third-order valence-electron chi connectivity index (χ3n) is 3.91. The van der Waals surface area contributed by atoms with E-state index >= 15 is 0 Å². The van der Waals surface area contributed by atoms with Gasteiger partial charge in [-0.3, -0.25) is 0 Å². The van der Waals surface area contributed by atoms with Gasteiger partial charge in [0, 0.05) is 25.6 Å².